The van der Waals surface area contributed by atoms with Crippen LogP contribution in [-0.4, -0.2) is 29.9 Å². The third-order valence-electron chi connectivity index (χ3n) is 3.41. The van der Waals surface area contributed by atoms with E-state index in [1.165, 1.54) is 5.56 Å². The van der Waals surface area contributed by atoms with Gasteiger partial charge < -0.3 is 11.5 Å². The van der Waals surface area contributed by atoms with E-state index in [2.05, 4.69) is 11.8 Å². The van der Waals surface area contributed by atoms with Gasteiger partial charge in [-0.15, -0.1) is 0 Å². The van der Waals surface area contributed by atoms with Gasteiger partial charge in [0.05, 0.1) is 0 Å². The van der Waals surface area contributed by atoms with Gasteiger partial charge in [0.2, 0.25) is 5.91 Å². The molecule has 1 aromatic rings. The van der Waals surface area contributed by atoms with E-state index in [-0.39, 0.29) is 11.9 Å². The molecule has 0 aliphatic carbocycles. The molecule has 0 bridgehead atoms. The summed E-state index contributed by atoms with van der Waals surface area (Å²) in [5, 5.41) is 0. The SMILES string of the molecule is CC1CC(N)CN(Cc2ccc(C(N)=O)cc2)C1. The monoisotopic (exact) mass is 247 g/mol. The summed E-state index contributed by atoms with van der Waals surface area (Å²) in [4.78, 5) is 13.4. The Balaban J connectivity index is 1.98. The maximum Gasteiger partial charge on any atom is 0.248 e. The topological polar surface area (TPSA) is 72.3 Å². The van der Waals surface area contributed by atoms with E-state index < -0.39 is 0 Å². The van der Waals surface area contributed by atoms with Crippen molar-refractivity contribution in [3.8, 4) is 0 Å². The number of carbonyl (C=O) groups excluding carboxylic acids is 1. The van der Waals surface area contributed by atoms with E-state index in [9.17, 15) is 4.79 Å². The lowest BCUT2D eigenvalue weighted by atomic mass is 9.96. The van der Waals surface area contributed by atoms with Crippen LogP contribution in [0.2, 0.25) is 0 Å². The smallest absolute Gasteiger partial charge is 0.248 e. The molecule has 4 N–H and O–H groups in total. The number of primary amides is 1. The van der Waals surface area contributed by atoms with Gasteiger partial charge in [0, 0.05) is 31.2 Å². The molecule has 4 heteroatoms. The Kier molecular flexibility index (Phi) is 3.99. The van der Waals surface area contributed by atoms with Crippen LogP contribution in [0.15, 0.2) is 24.3 Å². The highest BCUT2D eigenvalue weighted by Crippen LogP contribution is 2.17. The number of hydrogen-bond acceptors (Lipinski definition) is 3. The summed E-state index contributed by atoms with van der Waals surface area (Å²) in [6.45, 7) is 5.16. The number of rotatable bonds is 3. The molecular formula is C14H21N3O. The second-order valence-corrected chi connectivity index (χ2v) is 5.36. The Bertz CT molecular complexity index is 406. The number of nitrogens with zero attached hydrogens (tertiary/aromatic N) is 1. The summed E-state index contributed by atoms with van der Waals surface area (Å²) in [5.74, 6) is 0.272. The fourth-order valence-corrected chi connectivity index (χ4v) is 2.67. The molecule has 4 nitrogen and oxygen atoms in total. The summed E-state index contributed by atoms with van der Waals surface area (Å²) in [7, 11) is 0. The van der Waals surface area contributed by atoms with E-state index in [1.807, 2.05) is 12.1 Å². The maximum absolute atomic E-state index is 11.0. The van der Waals surface area contributed by atoms with Crippen molar-refractivity contribution < 1.29 is 4.79 Å². The largest absolute Gasteiger partial charge is 0.366 e. The van der Waals surface area contributed by atoms with E-state index in [1.54, 1.807) is 12.1 Å². The minimum atomic E-state index is -0.379. The van der Waals surface area contributed by atoms with Gasteiger partial charge in [0.1, 0.15) is 0 Å². The van der Waals surface area contributed by atoms with Gasteiger partial charge in [0.25, 0.3) is 0 Å². The van der Waals surface area contributed by atoms with Crippen LogP contribution in [0.5, 0.6) is 0 Å². The minimum absolute atomic E-state index is 0.277. The van der Waals surface area contributed by atoms with Crippen LogP contribution < -0.4 is 11.5 Å². The van der Waals surface area contributed by atoms with Crippen LogP contribution in [0.1, 0.15) is 29.3 Å². The van der Waals surface area contributed by atoms with Crippen LogP contribution in [-0.2, 0) is 6.54 Å². The molecule has 0 spiro atoms. The average molecular weight is 247 g/mol. The number of hydrogen-bond donors (Lipinski definition) is 2. The van der Waals surface area contributed by atoms with E-state index in [0.29, 0.717) is 11.5 Å². The molecule has 1 aliphatic heterocycles. The third-order valence-corrected chi connectivity index (χ3v) is 3.41. The Morgan fingerprint density at radius 1 is 1.33 bits per heavy atom. The van der Waals surface area contributed by atoms with Crippen LogP contribution in [0.3, 0.4) is 0 Å². The lowest BCUT2D eigenvalue weighted by Crippen LogP contribution is -2.45. The van der Waals surface area contributed by atoms with Gasteiger partial charge in [-0.3, -0.25) is 9.69 Å². The Hall–Kier alpha value is -1.39. The first-order valence-corrected chi connectivity index (χ1v) is 6.41. The maximum atomic E-state index is 11.0. The number of nitrogens with two attached hydrogens (primary N) is 2. The van der Waals surface area contributed by atoms with Crippen molar-refractivity contribution in [1.29, 1.82) is 0 Å². The van der Waals surface area contributed by atoms with Gasteiger partial charge in [-0.05, 0) is 30.0 Å². The highest BCUT2D eigenvalue weighted by Gasteiger charge is 2.21. The molecule has 2 atom stereocenters. The number of benzene rings is 1. The van der Waals surface area contributed by atoms with Crippen molar-refractivity contribution >= 4 is 5.91 Å². The average Bonchev–Trinajstić information content (AvgIpc) is 2.28. The first-order valence-electron chi connectivity index (χ1n) is 6.41. The summed E-state index contributed by atoms with van der Waals surface area (Å²) in [6, 6.07) is 7.77. The van der Waals surface area contributed by atoms with Gasteiger partial charge in [-0.1, -0.05) is 19.1 Å². The Morgan fingerprint density at radius 2 is 2.00 bits per heavy atom. The van der Waals surface area contributed by atoms with E-state index >= 15 is 0 Å². The van der Waals surface area contributed by atoms with Gasteiger partial charge in [-0.2, -0.15) is 0 Å². The Labute approximate surface area is 108 Å². The van der Waals surface area contributed by atoms with E-state index in [4.69, 9.17) is 11.5 Å². The summed E-state index contributed by atoms with van der Waals surface area (Å²) in [5.41, 5.74) is 13.0. The molecule has 2 unspecified atom stereocenters. The van der Waals surface area contributed by atoms with E-state index in [0.717, 1.165) is 26.1 Å². The summed E-state index contributed by atoms with van der Waals surface area (Å²) in [6.07, 6.45) is 1.11. The van der Waals surface area contributed by atoms with Crippen LogP contribution >= 0.6 is 0 Å². The molecule has 0 saturated carbocycles. The minimum Gasteiger partial charge on any atom is -0.366 e. The summed E-state index contributed by atoms with van der Waals surface area (Å²) >= 11 is 0. The lowest BCUT2D eigenvalue weighted by molar-refractivity contribution is 0.100. The second kappa shape index (κ2) is 5.50. The van der Waals surface area contributed by atoms with Crippen LogP contribution in [0, 0.1) is 5.92 Å². The fourth-order valence-electron chi connectivity index (χ4n) is 2.67. The van der Waals surface area contributed by atoms with Gasteiger partial charge in [-0.25, -0.2) is 0 Å². The molecule has 1 amide bonds. The van der Waals surface area contributed by atoms with Crippen molar-refractivity contribution in [2.75, 3.05) is 13.1 Å². The highest BCUT2D eigenvalue weighted by atomic mass is 16.1. The first-order chi connectivity index (χ1) is 8.54. The molecule has 98 valence electrons. The second-order valence-electron chi connectivity index (χ2n) is 5.36. The van der Waals surface area contributed by atoms with Crippen molar-refractivity contribution in [1.82, 2.24) is 4.90 Å². The highest BCUT2D eigenvalue weighted by molar-refractivity contribution is 5.92. The molecule has 1 saturated heterocycles. The zero-order chi connectivity index (χ0) is 13.1. The van der Waals surface area contributed by atoms with Gasteiger partial charge >= 0.3 is 0 Å². The fraction of sp³-hybridized carbons (Fsp3) is 0.500. The number of amides is 1. The summed E-state index contributed by atoms with van der Waals surface area (Å²) < 4.78 is 0. The predicted octanol–water partition coefficient (Wildman–Crippen LogP) is 0.955. The van der Waals surface area contributed by atoms with Crippen molar-refractivity contribution in [2.24, 2.45) is 17.4 Å². The number of piperidine rings is 1. The zero-order valence-electron chi connectivity index (χ0n) is 10.8. The Morgan fingerprint density at radius 3 is 2.56 bits per heavy atom. The molecule has 1 heterocycles. The molecule has 0 radical (unpaired) electrons. The normalized spacial score (nSPS) is 25.0. The molecule has 1 aromatic carbocycles. The predicted molar refractivity (Wildman–Crippen MR) is 72.0 cm³/mol. The molecule has 2 rings (SSSR count). The van der Waals surface area contributed by atoms with Crippen LogP contribution in [0.25, 0.3) is 0 Å². The first kappa shape index (κ1) is 13.1. The molecule has 1 aliphatic rings. The van der Waals surface area contributed by atoms with Crippen LogP contribution in [0.4, 0.5) is 0 Å². The molecule has 18 heavy (non-hydrogen) atoms. The zero-order valence-corrected chi connectivity index (χ0v) is 10.8. The standard InChI is InChI=1S/C14H21N3O/c1-10-6-13(15)9-17(7-10)8-11-2-4-12(5-3-11)14(16)18/h2-5,10,13H,6-9,15H2,1H3,(H2,16,18). The molecular weight excluding hydrogens is 226 g/mol. The lowest BCUT2D eigenvalue weighted by Gasteiger charge is -2.34. The molecule has 1 fully saturated rings. The van der Waals surface area contributed by atoms with Gasteiger partial charge in [0.15, 0.2) is 0 Å². The molecule has 0 aromatic heterocycles. The number of likely N-dealkylation sites (tertiary alicyclic amines) is 1. The number of carbonyl (C=O) groups is 1. The van der Waals surface area contributed by atoms with Crippen molar-refractivity contribution in [3.05, 3.63) is 35.4 Å². The quantitative estimate of drug-likeness (QED) is 0.835. The third kappa shape index (κ3) is 3.31. The van der Waals surface area contributed by atoms with Crippen molar-refractivity contribution in [2.45, 2.75) is 25.9 Å². The van der Waals surface area contributed by atoms with Crippen molar-refractivity contribution in [3.63, 3.8) is 0 Å².